The molecule has 1 aliphatic rings. The Morgan fingerprint density at radius 2 is 1.82 bits per heavy atom. The lowest BCUT2D eigenvalue weighted by molar-refractivity contribution is -0.143. The van der Waals surface area contributed by atoms with Gasteiger partial charge >= 0.3 is 5.97 Å². The van der Waals surface area contributed by atoms with Gasteiger partial charge in [-0.1, -0.05) is 45.4 Å². The van der Waals surface area contributed by atoms with Gasteiger partial charge in [-0.15, -0.1) is 0 Å². The summed E-state index contributed by atoms with van der Waals surface area (Å²) in [5.74, 6) is -0.630. The van der Waals surface area contributed by atoms with E-state index in [9.17, 15) is 20.1 Å². The lowest BCUT2D eigenvalue weighted by Gasteiger charge is -2.24. The zero-order valence-electron chi connectivity index (χ0n) is 17.5. The maximum Gasteiger partial charge on any atom is 0.308 e. The summed E-state index contributed by atoms with van der Waals surface area (Å²) in [4.78, 5) is 11.1. The number of carboxylic acids is 1. The number of aliphatic hydroxyl groups excluding tert-OH is 3. The number of unbranched alkanes of at least 4 members (excludes halogenated alkanes) is 4. The van der Waals surface area contributed by atoms with Crippen LogP contribution in [0.25, 0.3) is 0 Å². The van der Waals surface area contributed by atoms with Crippen LogP contribution in [0.5, 0.6) is 0 Å². The third-order valence-electron chi connectivity index (χ3n) is 5.71. The molecular weight excluding hydrogens is 380 g/mol. The van der Waals surface area contributed by atoms with Crippen LogP contribution in [0.4, 0.5) is 0 Å². The maximum atomic E-state index is 11.1. The van der Waals surface area contributed by atoms with E-state index in [1.54, 1.807) is 11.8 Å². The van der Waals surface area contributed by atoms with Gasteiger partial charge in [0, 0.05) is 24.5 Å². The summed E-state index contributed by atoms with van der Waals surface area (Å²) in [5.41, 5.74) is 0. The van der Waals surface area contributed by atoms with Crippen LogP contribution in [0.3, 0.4) is 0 Å². The Bertz CT molecular complexity index is 422. The summed E-state index contributed by atoms with van der Waals surface area (Å²) in [6, 6.07) is 0. The first kappa shape index (κ1) is 25.7. The Balaban J connectivity index is 2.33. The molecule has 0 heterocycles. The molecule has 0 aromatic heterocycles. The van der Waals surface area contributed by atoms with Crippen LogP contribution in [0.2, 0.25) is 0 Å². The first-order valence-electron chi connectivity index (χ1n) is 10.8. The summed E-state index contributed by atoms with van der Waals surface area (Å²) < 4.78 is 4.96. The van der Waals surface area contributed by atoms with E-state index in [1.807, 2.05) is 0 Å². The molecule has 1 fully saturated rings. The van der Waals surface area contributed by atoms with Crippen molar-refractivity contribution < 1.29 is 30.0 Å². The molecule has 166 valence electrons. The number of hydrogen-bond acceptors (Lipinski definition) is 6. The number of carboxylic acid groups (broad SMARTS) is 1. The summed E-state index contributed by atoms with van der Waals surface area (Å²) in [6.45, 7) is 2.38. The van der Waals surface area contributed by atoms with Crippen molar-refractivity contribution in [1.29, 1.82) is 0 Å². The fourth-order valence-corrected chi connectivity index (χ4v) is 5.52. The third-order valence-corrected chi connectivity index (χ3v) is 7.33. The van der Waals surface area contributed by atoms with Crippen molar-refractivity contribution in [3.63, 3.8) is 0 Å². The predicted octanol–water partition coefficient (Wildman–Crippen LogP) is 3.07. The lowest BCUT2D eigenvalue weighted by Crippen LogP contribution is -2.27. The molecule has 0 radical (unpaired) electrons. The van der Waals surface area contributed by atoms with Gasteiger partial charge in [0.05, 0.1) is 30.8 Å². The van der Waals surface area contributed by atoms with E-state index in [0.29, 0.717) is 18.6 Å². The molecule has 4 N–H and O–H groups in total. The number of aliphatic hydroxyl groups is 3. The number of aliphatic carboxylic acids is 1. The molecule has 1 aliphatic carbocycles. The summed E-state index contributed by atoms with van der Waals surface area (Å²) >= 11 is 1.60. The van der Waals surface area contributed by atoms with Crippen molar-refractivity contribution in [2.24, 2.45) is 11.8 Å². The highest BCUT2D eigenvalue weighted by molar-refractivity contribution is 8.00. The van der Waals surface area contributed by atoms with Crippen molar-refractivity contribution in [1.82, 2.24) is 0 Å². The average Bonchev–Trinajstić information content (AvgIpc) is 2.91. The highest BCUT2D eigenvalue weighted by atomic mass is 32.2. The molecule has 6 nitrogen and oxygen atoms in total. The second-order valence-corrected chi connectivity index (χ2v) is 9.32. The van der Waals surface area contributed by atoms with Gasteiger partial charge in [-0.2, -0.15) is 11.8 Å². The Kier molecular flexibility index (Phi) is 13.4. The zero-order valence-corrected chi connectivity index (χ0v) is 18.3. The molecule has 0 amide bonds. The van der Waals surface area contributed by atoms with Crippen LogP contribution in [0, 0.1) is 11.8 Å². The standard InChI is InChI=1S/C21H40O6S/c1-3-4-6-10-16(22)14-28-20-17(18(23)12-19(20)24)11-8-5-7-9-15(13-27-2)21(25)26/h15-20,22-24H,3-14H2,1-2H3,(H,25,26)/t15?,16?,17-,18?,19?,20+/m0/s1. The zero-order chi connectivity index (χ0) is 20.9. The Morgan fingerprint density at radius 1 is 1.11 bits per heavy atom. The van der Waals surface area contributed by atoms with Crippen molar-refractivity contribution in [2.75, 3.05) is 19.5 Å². The largest absolute Gasteiger partial charge is 0.481 e. The molecule has 0 aliphatic heterocycles. The van der Waals surface area contributed by atoms with Gasteiger partial charge in [-0.3, -0.25) is 4.79 Å². The molecule has 28 heavy (non-hydrogen) atoms. The van der Waals surface area contributed by atoms with E-state index in [1.165, 1.54) is 7.11 Å². The molecule has 0 aromatic rings. The molecule has 0 saturated heterocycles. The van der Waals surface area contributed by atoms with Gasteiger partial charge < -0.3 is 25.2 Å². The van der Waals surface area contributed by atoms with Gasteiger partial charge in [-0.05, 0) is 25.2 Å². The van der Waals surface area contributed by atoms with Crippen LogP contribution < -0.4 is 0 Å². The minimum atomic E-state index is -0.815. The van der Waals surface area contributed by atoms with Crippen LogP contribution in [-0.4, -0.2) is 69.4 Å². The van der Waals surface area contributed by atoms with E-state index in [-0.39, 0.29) is 23.9 Å². The van der Waals surface area contributed by atoms with E-state index in [4.69, 9.17) is 9.84 Å². The third kappa shape index (κ3) is 9.44. The number of hydrogen-bond donors (Lipinski definition) is 4. The Labute approximate surface area is 174 Å². The van der Waals surface area contributed by atoms with Crippen molar-refractivity contribution in [3.05, 3.63) is 0 Å². The summed E-state index contributed by atoms with van der Waals surface area (Å²) in [6.07, 6.45) is 7.17. The molecule has 1 saturated carbocycles. The molecular formula is C21H40O6S. The smallest absolute Gasteiger partial charge is 0.308 e. The van der Waals surface area contributed by atoms with E-state index < -0.39 is 24.1 Å². The SMILES string of the molecule is CCCCCC(O)CS[C@H]1C(O)CC(O)[C@@H]1CCCCCC(COC)C(=O)O. The second kappa shape index (κ2) is 14.6. The first-order chi connectivity index (χ1) is 13.4. The van der Waals surface area contributed by atoms with Gasteiger partial charge in [0.15, 0.2) is 0 Å². The maximum absolute atomic E-state index is 11.1. The van der Waals surface area contributed by atoms with Crippen LogP contribution in [0.1, 0.15) is 71.1 Å². The number of rotatable bonds is 16. The fraction of sp³-hybridized carbons (Fsp3) is 0.952. The highest BCUT2D eigenvalue weighted by Crippen LogP contribution is 2.39. The van der Waals surface area contributed by atoms with Crippen LogP contribution in [0.15, 0.2) is 0 Å². The van der Waals surface area contributed by atoms with Crippen molar-refractivity contribution in [2.45, 2.75) is 94.7 Å². The lowest BCUT2D eigenvalue weighted by atomic mass is 9.95. The quantitative estimate of drug-likeness (QED) is 0.284. The molecule has 0 bridgehead atoms. The monoisotopic (exact) mass is 420 g/mol. The molecule has 4 unspecified atom stereocenters. The van der Waals surface area contributed by atoms with Crippen LogP contribution >= 0.6 is 11.8 Å². The normalized spacial score (nSPS) is 27.0. The fourth-order valence-electron chi connectivity index (χ4n) is 4.01. The minimum Gasteiger partial charge on any atom is -0.481 e. The highest BCUT2D eigenvalue weighted by Gasteiger charge is 2.41. The molecule has 6 atom stereocenters. The molecule has 7 heteroatoms. The van der Waals surface area contributed by atoms with Gasteiger partial charge in [-0.25, -0.2) is 0 Å². The number of carbonyl (C=O) groups is 1. The van der Waals surface area contributed by atoms with Gasteiger partial charge in [0.2, 0.25) is 0 Å². The van der Waals surface area contributed by atoms with E-state index in [2.05, 4.69) is 6.92 Å². The Morgan fingerprint density at radius 3 is 2.46 bits per heavy atom. The summed E-state index contributed by atoms with van der Waals surface area (Å²) in [7, 11) is 1.52. The predicted molar refractivity (Wildman–Crippen MR) is 113 cm³/mol. The summed E-state index contributed by atoms with van der Waals surface area (Å²) in [5, 5.41) is 39.9. The van der Waals surface area contributed by atoms with Crippen molar-refractivity contribution in [3.8, 4) is 0 Å². The van der Waals surface area contributed by atoms with Crippen LogP contribution in [-0.2, 0) is 9.53 Å². The number of ether oxygens (including phenoxy) is 1. The Hall–Kier alpha value is -0.340. The average molecular weight is 421 g/mol. The first-order valence-corrected chi connectivity index (χ1v) is 11.8. The topological polar surface area (TPSA) is 107 Å². The molecule has 0 aromatic carbocycles. The molecule has 0 spiro atoms. The minimum absolute atomic E-state index is 0.0314. The number of methoxy groups -OCH3 is 1. The van der Waals surface area contributed by atoms with E-state index >= 15 is 0 Å². The van der Waals surface area contributed by atoms with Crippen molar-refractivity contribution >= 4 is 17.7 Å². The molecule has 1 rings (SSSR count). The van der Waals surface area contributed by atoms with Gasteiger partial charge in [0.1, 0.15) is 0 Å². The number of thioether (sulfide) groups is 1. The second-order valence-electron chi connectivity index (χ2n) is 8.11. The van der Waals surface area contributed by atoms with Gasteiger partial charge in [0.25, 0.3) is 0 Å². The van der Waals surface area contributed by atoms with E-state index in [0.717, 1.165) is 51.4 Å².